The summed E-state index contributed by atoms with van der Waals surface area (Å²) in [5.41, 5.74) is 6.55. The Morgan fingerprint density at radius 2 is 2.09 bits per heavy atom. The second-order valence-corrected chi connectivity index (χ2v) is 7.05. The van der Waals surface area contributed by atoms with E-state index in [9.17, 15) is 4.79 Å². The molecule has 1 aliphatic heterocycles. The second kappa shape index (κ2) is 6.66. The lowest BCUT2D eigenvalue weighted by atomic mass is 10.2. The lowest BCUT2D eigenvalue weighted by Crippen LogP contribution is -2.34. The maximum absolute atomic E-state index is 12.2. The van der Waals surface area contributed by atoms with E-state index in [1.54, 1.807) is 19.2 Å². The number of amides is 1. The van der Waals surface area contributed by atoms with Crippen molar-refractivity contribution in [1.29, 1.82) is 0 Å². The van der Waals surface area contributed by atoms with Crippen LogP contribution in [0.25, 0.3) is 0 Å². The summed E-state index contributed by atoms with van der Waals surface area (Å²) in [7, 11) is 3.72. The van der Waals surface area contributed by atoms with Crippen LogP contribution in [0.15, 0.2) is 18.2 Å². The number of hydrogen-bond acceptors (Lipinski definition) is 5. The van der Waals surface area contributed by atoms with Gasteiger partial charge in [0.1, 0.15) is 17.5 Å². The molecule has 0 radical (unpaired) electrons. The fourth-order valence-electron chi connectivity index (χ4n) is 2.50. The van der Waals surface area contributed by atoms with Crippen molar-refractivity contribution in [2.75, 3.05) is 37.8 Å². The highest BCUT2D eigenvalue weighted by Crippen LogP contribution is 2.30. The molecule has 2 N–H and O–H groups in total. The molecule has 1 atom stereocenters. The number of benzene rings is 1. The normalized spacial score (nSPS) is 18.7. The molecule has 0 aliphatic carbocycles. The van der Waals surface area contributed by atoms with Crippen molar-refractivity contribution in [2.24, 2.45) is 0 Å². The van der Waals surface area contributed by atoms with Crippen LogP contribution in [0.5, 0.6) is 5.75 Å². The lowest BCUT2D eigenvalue weighted by molar-refractivity contribution is 0.0589. The molecule has 2 rings (SSSR count). The monoisotopic (exact) mass is 321 g/mol. The Morgan fingerprint density at radius 3 is 2.65 bits per heavy atom. The second-order valence-electron chi connectivity index (χ2n) is 7.05. The average Bonchev–Trinajstić information content (AvgIpc) is 2.83. The van der Waals surface area contributed by atoms with Gasteiger partial charge in [0.15, 0.2) is 0 Å². The largest absolute Gasteiger partial charge is 0.489 e. The van der Waals surface area contributed by atoms with Gasteiger partial charge in [-0.15, -0.1) is 0 Å². The predicted molar refractivity (Wildman–Crippen MR) is 92.0 cm³/mol. The first-order valence-electron chi connectivity index (χ1n) is 7.87. The molecule has 1 aromatic rings. The van der Waals surface area contributed by atoms with Gasteiger partial charge in [-0.1, -0.05) is 0 Å². The molecule has 1 saturated heterocycles. The van der Waals surface area contributed by atoms with Crippen LogP contribution in [0.3, 0.4) is 0 Å². The summed E-state index contributed by atoms with van der Waals surface area (Å²) in [5, 5.41) is 0. The highest BCUT2D eigenvalue weighted by Gasteiger charge is 2.24. The molecule has 1 aliphatic rings. The van der Waals surface area contributed by atoms with Gasteiger partial charge in [-0.25, -0.2) is 4.79 Å². The molecule has 1 fully saturated rings. The Bertz CT molecular complexity index is 569. The highest BCUT2D eigenvalue weighted by molar-refractivity contribution is 5.91. The van der Waals surface area contributed by atoms with E-state index in [4.69, 9.17) is 15.2 Å². The van der Waals surface area contributed by atoms with Crippen LogP contribution in [0, 0.1) is 0 Å². The Morgan fingerprint density at radius 1 is 1.39 bits per heavy atom. The van der Waals surface area contributed by atoms with E-state index in [1.165, 1.54) is 4.90 Å². The number of nitrogens with two attached hydrogens (primary N) is 1. The summed E-state index contributed by atoms with van der Waals surface area (Å²) in [4.78, 5) is 15.9. The molecule has 1 heterocycles. The summed E-state index contributed by atoms with van der Waals surface area (Å²) in [5.74, 6) is 0.713. The van der Waals surface area contributed by atoms with E-state index < -0.39 is 11.7 Å². The molecule has 6 heteroatoms. The third kappa shape index (κ3) is 4.76. The topological polar surface area (TPSA) is 68.0 Å². The van der Waals surface area contributed by atoms with Crippen molar-refractivity contribution in [3.63, 3.8) is 0 Å². The predicted octanol–water partition coefficient (Wildman–Crippen LogP) is 2.72. The minimum Gasteiger partial charge on any atom is -0.489 e. The molecule has 0 saturated carbocycles. The zero-order valence-corrected chi connectivity index (χ0v) is 14.6. The quantitative estimate of drug-likeness (QED) is 0.867. The summed E-state index contributed by atoms with van der Waals surface area (Å²) < 4.78 is 11.4. The molecule has 1 unspecified atom stereocenters. The molecule has 1 aromatic carbocycles. The number of rotatable bonds is 3. The highest BCUT2D eigenvalue weighted by atomic mass is 16.6. The minimum absolute atomic E-state index is 0.170. The van der Waals surface area contributed by atoms with E-state index in [-0.39, 0.29) is 6.10 Å². The van der Waals surface area contributed by atoms with Gasteiger partial charge in [-0.3, -0.25) is 4.90 Å². The van der Waals surface area contributed by atoms with Crippen LogP contribution in [0.2, 0.25) is 0 Å². The van der Waals surface area contributed by atoms with Crippen LogP contribution in [0.4, 0.5) is 16.2 Å². The Kier molecular flexibility index (Phi) is 5.04. The molecular formula is C17H27N3O3. The first-order valence-corrected chi connectivity index (χ1v) is 7.87. The summed E-state index contributed by atoms with van der Waals surface area (Å²) in [6.07, 6.45) is 0.725. The van der Waals surface area contributed by atoms with Gasteiger partial charge in [0.25, 0.3) is 0 Å². The number of ether oxygens (including phenoxy) is 2. The number of nitrogen functional groups attached to an aromatic ring is 1. The van der Waals surface area contributed by atoms with Gasteiger partial charge < -0.3 is 20.1 Å². The van der Waals surface area contributed by atoms with Gasteiger partial charge in [-0.2, -0.15) is 0 Å². The maximum Gasteiger partial charge on any atom is 0.414 e. The zero-order chi connectivity index (χ0) is 17.2. The third-order valence-corrected chi connectivity index (χ3v) is 3.68. The number of likely N-dealkylation sites (N-methyl/N-ethyl adjacent to an activating group) is 1. The number of carbonyl (C=O) groups is 1. The van der Waals surface area contributed by atoms with E-state index in [1.807, 2.05) is 26.8 Å². The Labute approximate surface area is 138 Å². The van der Waals surface area contributed by atoms with Gasteiger partial charge in [-0.05, 0) is 46.4 Å². The SMILES string of the molecule is CN1CCC(Oc2ccc(N)c(N(C)C(=O)OC(C)(C)C)c2)C1. The number of nitrogens with zero attached hydrogens (tertiary/aromatic N) is 2. The van der Waals surface area contributed by atoms with Crippen LogP contribution in [-0.4, -0.2) is 49.9 Å². The lowest BCUT2D eigenvalue weighted by Gasteiger charge is -2.26. The standard InChI is InChI=1S/C17H27N3O3/c1-17(2,3)23-16(21)20(5)15-10-12(6-7-14(15)18)22-13-8-9-19(4)11-13/h6-7,10,13H,8-9,11,18H2,1-5H3. The average molecular weight is 321 g/mol. The van der Waals surface area contributed by atoms with E-state index in [0.717, 1.165) is 19.5 Å². The number of likely N-dealkylation sites (tertiary alicyclic amines) is 1. The van der Waals surface area contributed by atoms with Gasteiger partial charge in [0.2, 0.25) is 0 Å². The third-order valence-electron chi connectivity index (χ3n) is 3.68. The van der Waals surface area contributed by atoms with Crippen molar-refractivity contribution in [2.45, 2.75) is 38.9 Å². The first-order chi connectivity index (χ1) is 10.7. The van der Waals surface area contributed by atoms with E-state index in [2.05, 4.69) is 11.9 Å². The van der Waals surface area contributed by atoms with Crippen molar-refractivity contribution in [1.82, 2.24) is 4.90 Å². The zero-order valence-electron chi connectivity index (χ0n) is 14.6. The maximum atomic E-state index is 12.2. The van der Waals surface area contributed by atoms with Gasteiger partial charge in [0.05, 0.1) is 11.4 Å². The van der Waals surface area contributed by atoms with Gasteiger partial charge in [0, 0.05) is 26.2 Å². The molecule has 6 nitrogen and oxygen atoms in total. The molecule has 0 spiro atoms. The van der Waals surface area contributed by atoms with Crippen LogP contribution >= 0.6 is 0 Å². The molecule has 0 bridgehead atoms. The molecule has 0 aromatic heterocycles. The molecule has 128 valence electrons. The first kappa shape index (κ1) is 17.4. The van der Waals surface area contributed by atoms with Crippen molar-refractivity contribution in [3.8, 4) is 5.75 Å². The fourth-order valence-corrected chi connectivity index (χ4v) is 2.50. The van der Waals surface area contributed by atoms with E-state index in [0.29, 0.717) is 17.1 Å². The minimum atomic E-state index is -0.553. The Balaban J connectivity index is 2.11. The molecule has 1 amide bonds. The number of anilines is 2. The fraction of sp³-hybridized carbons (Fsp3) is 0.588. The summed E-state index contributed by atoms with van der Waals surface area (Å²) in [6.45, 7) is 7.43. The number of carbonyl (C=O) groups excluding carboxylic acids is 1. The summed E-state index contributed by atoms with van der Waals surface area (Å²) >= 11 is 0. The Hall–Kier alpha value is -1.95. The number of hydrogen-bond donors (Lipinski definition) is 1. The molecular weight excluding hydrogens is 294 g/mol. The molecule has 23 heavy (non-hydrogen) atoms. The smallest absolute Gasteiger partial charge is 0.414 e. The van der Waals surface area contributed by atoms with Gasteiger partial charge >= 0.3 is 6.09 Å². The van der Waals surface area contributed by atoms with Crippen molar-refractivity contribution < 1.29 is 14.3 Å². The van der Waals surface area contributed by atoms with E-state index >= 15 is 0 Å². The van der Waals surface area contributed by atoms with Crippen LogP contribution in [0.1, 0.15) is 27.2 Å². The van der Waals surface area contributed by atoms with Crippen molar-refractivity contribution in [3.05, 3.63) is 18.2 Å². The van der Waals surface area contributed by atoms with Crippen molar-refractivity contribution >= 4 is 17.5 Å². The van der Waals surface area contributed by atoms with Crippen LogP contribution in [-0.2, 0) is 4.74 Å². The summed E-state index contributed by atoms with van der Waals surface area (Å²) in [6, 6.07) is 5.38. The van der Waals surface area contributed by atoms with Crippen LogP contribution < -0.4 is 15.4 Å².